The Labute approximate surface area is 108 Å². The van der Waals surface area contributed by atoms with Crippen molar-refractivity contribution in [3.05, 3.63) is 0 Å². The third-order valence-corrected chi connectivity index (χ3v) is 3.98. The molecule has 0 unspecified atom stereocenters. The fraction of sp³-hybridized carbons (Fsp3) is 0.750. The predicted octanol–water partition coefficient (Wildman–Crippen LogP) is 1.62. The number of rotatable bonds is 4. The average molecular weight is 256 g/mol. The van der Waals surface area contributed by atoms with Gasteiger partial charge in [-0.05, 0) is 18.8 Å². The van der Waals surface area contributed by atoms with Crippen LogP contribution < -0.4 is 5.73 Å². The summed E-state index contributed by atoms with van der Waals surface area (Å²) in [6.07, 6.45) is 1.95. The second-order valence-electron chi connectivity index (χ2n) is 4.74. The summed E-state index contributed by atoms with van der Waals surface area (Å²) in [5.41, 5.74) is 4.99. The zero-order valence-corrected chi connectivity index (χ0v) is 11.5. The van der Waals surface area contributed by atoms with Gasteiger partial charge in [-0.2, -0.15) is 0 Å². The van der Waals surface area contributed by atoms with E-state index in [9.17, 15) is 9.59 Å². The Kier molecular flexibility index (Phi) is 4.25. The van der Waals surface area contributed by atoms with Crippen LogP contribution in [0, 0.1) is 5.92 Å². The smallest absolute Gasteiger partial charge is 0.230 e. The van der Waals surface area contributed by atoms with Gasteiger partial charge >= 0.3 is 0 Å². The van der Waals surface area contributed by atoms with E-state index in [2.05, 4.69) is 0 Å². The summed E-state index contributed by atoms with van der Waals surface area (Å²) < 4.78 is 0. The molecule has 2 N–H and O–H groups in total. The molecule has 0 bridgehead atoms. The SMILES string of the molecule is CCC(CC)(C(N)=S)N1C(=O)CC(C)CC1=O. The molecule has 1 aliphatic rings. The molecule has 1 fully saturated rings. The number of carbonyl (C=O) groups is 2. The second kappa shape index (κ2) is 5.12. The highest BCUT2D eigenvalue weighted by Crippen LogP contribution is 2.31. The van der Waals surface area contributed by atoms with Gasteiger partial charge in [0, 0.05) is 12.8 Å². The van der Waals surface area contributed by atoms with Crippen LogP contribution in [-0.2, 0) is 9.59 Å². The van der Waals surface area contributed by atoms with Gasteiger partial charge in [0.15, 0.2) is 0 Å². The minimum absolute atomic E-state index is 0.115. The van der Waals surface area contributed by atoms with Crippen LogP contribution >= 0.6 is 12.2 Å². The summed E-state index contributed by atoms with van der Waals surface area (Å²) in [4.78, 5) is 25.7. The number of thiocarbonyl (C=S) groups is 1. The third kappa shape index (κ3) is 2.34. The van der Waals surface area contributed by atoms with Gasteiger partial charge in [0.25, 0.3) is 0 Å². The molecule has 0 aromatic heterocycles. The summed E-state index contributed by atoms with van der Waals surface area (Å²) in [7, 11) is 0. The largest absolute Gasteiger partial charge is 0.391 e. The number of imide groups is 1. The van der Waals surface area contributed by atoms with E-state index in [0.717, 1.165) is 0 Å². The number of hydrogen-bond acceptors (Lipinski definition) is 3. The summed E-state index contributed by atoms with van der Waals surface area (Å²) in [6.45, 7) is 5.72. The number of amides is 2. The lowest BCUT2D eigenvalue weighted by molar-refractivity contribution is -0.155. The van der Waals surface area contributed by atoms with Crippen molar-refractivity contribution in [2.75, 3.05) is 0 Å². The van der Waals surface area contributed by atoms with Gasteiger partial charge in [0.05, 0.1) is 10.5 Å². The normalized spacial score (nSPS) is 18.6. The molecule has 0 saturated carbocycles. The lowest BCUT2D eigenvalue weighted by Gasteiger charge is -2.43. The summed E-state index contributed by atoms with van der Waals surface area (Å²) >= 11 is 5.08. The minimum Gasteiger partial charge on any atom is -0.391 e. The molecule has 0 aromatic carbocycles. The van der Waals surface area contributed by atoms with E-state index in [0.29, 0.717) is 25.7 Å². The number of nitrogens with two attached hydrogens (primary N) is 1. The van der Waals surface area contributed by atoms with Crippen molar-refractivity contribution in [2.45, 2.75) is 52.0 Å². The monoisotopic (exact) mass is 256 g/mol. The van der Waals surface area contributed by atoms with E-state index in [1.807, 2.05) is 20.8 Å². The maximum Gasteiger partial charge on any atom is 0.230 e. The first-order chi connectivity index (χ1) is 7.89. The number of carbonyl (C=O) groups excluding carboxylic acids is 2. The zero-order valence-electron chi connectivity index (χ0n) is 10.7. The van der Waals surface area contributed by atoms with Crippen molar-refractivity contribution in [2.24, 2.45) is 11.7 Å². The molecule has 4 nitrogen and oxygen atoms in total. The molecule has 96 valence electrons. The van der Waals surface area contributed by atoms with Crippen molar-refractivity contribution < 1.29 is 9.59 Å². The van der Waals surface area contributed by atoms with Gasteiger partial charge in [0.1, 0.15) is 0 Å². The highest BCUT2D eigenvalue weighted by Gasteiger charge is 2.45. The van der Waals surface area contributed by atoms with Crippen molar-refractivity contribution in [3.8, 4) is 0 Å². The van der Waals surface area contributed by atoms with Crippen molar-refractivity contribution >= 4 is 29.0 Å². The minimum atomic E-state index is -0.774. The molecule has 1 saturated heterocycles. The first kappa shape index (κ1) is 14.1. The predicted molar refractivity (Wildman–Crippen MR) is 70.3 cm³/mol. The fourth-order valence-corrected chi connectivity index (χ4v) is 2.87. The molecule has 5 heteroatoms. The molecule has 0 atom stereocenters. The van der Waals surface area contributed by atoms with Gasteiger partial charge in [-0.25, -0.2) is 0 Å². The van der Waals surface area contributed by atoms with E-state index in [4.69, 9.17) is 18.0 Å². The van der Waals surface area contributed by atoms with Crippen LogP contribution in [0.15, 0.2) is 0 Å². The van der Waals surface area contributed by atoms with Crippen LogP contribution in [0.5, 0.6) is 0 Å². The Balaban J connectivity index is 3.14. The lowest BCUT2D eigenvalue weighted by Crippen LogP contribution is -2.62. The highest BCUT2D eigenvalue weighted by molar-refractivity contribution is 7.80. The van der Waals surface area contributed by atoms with Crippen molar-refractivity contribution in [3.63, 3.8) is 0 Å². The number of nitrogens with zero attached hydrogens (tertiary/aromatic N) is 1. The van der Waals surface area contributed by atoms with Crippen LogP contribution in [-0.4, -0.2) is 27.2 Å². The third-order valence-electron chi connectivity index (χ3n) is 3.60. The quantitative estimate of drug-likeness (QED) is 0.613. The maximum atomic E-state index is 12.1. The first-order valence-electron chi connectivity index (χ1n) is 6.04. The van der Waals surface area contributed by atoms with Gasteiger partial charge in [-0.3, -0.25) is 14.5 Å². The Hall–Kier alpha value is -0.970. The summed E-state index contributed by atoms with van der Waals surface area (Å²) in [6, 6.07) is 0. The summed E-state index contributed by atoms with van der Waals surface area (Å²) in [5.74, 6) is -0.181. The second-order valence-corrected chi connectivity index (χ2v) is 5.18. The first-order valence-corrected chi connectivity index (χ1v) is 6.45. The molecule has 1 rings (SSSR count). The molecular formula is C12H20N2O2S. The molecule has 2 amide bonds. The standard InChI is InChI=1S/C12H20N2O2S/c1-4-12(5-2,11(13)17)14-9(15)6-8(3)7-10(14)16/h8H,4-7H2,1-3H3,(H2,13,17). The van der Waals surface area contributed by atoms with Gasteiger partial charge in [-0.15, -0.1) is 0 Å². The number of piperidine rings is 1. The van der Waals surface area contributed by atoms with Gasteiger partial charge < -0.3 is 5.73 Å². The maximum absolute atomic E-state index is 12.1. The number of likely N-dealkylation sites (tertiary alicyclic amines) is 1. The van der Waals surface area contributed by atoms with Crippen molar-refractivity contribution in [1.82, 2.24) is 4.90 Å². The average Bonchev–Trinajstić information content (AvgIpc) is 2.22. The molecule has 1 aliphatic heterocycles. The Morgan fingerprint density at radius 3 is 2.06 bits per heavy atom. The van der Waals surface area contributed by atoms with Crippen LogP contribution in [0.1, 0.15) is 46.5 Å². The van der Waals surface area contributed by atoms with Crippen LogP contribution in [0.2, 0.25) is 0 Å². The van der Waals surface area contributed by atoms with E-state index >= 15 is 0 Å². The van der Waals surface area contributed by atoms with Crippen LogP contribution in [0.3, 0.4) is 0 Å². The number of hydrogen-bond donors (Lipinski definition) is 1. The van der Waals surface area contributed by atoms with Crippen LogP contribution in [0.4, 0.5) is 0 Å². The molecule has 0 radical (unpaired) electrons. The van der Waals surface area contributed by atoms with Crippen molar-refractivity contribution in [1.29, 1.82) is 0 Å². The Morgan fingerprint density at radius 2 is 1.76 bits per heavy atom. The van der Waals surface area contributed by atoms with Gasteiger partial charge in [-0.1, -0.05) is 33.0 Å². The molecule has 0 aromatic rings. The lowest BCUT2D eigenvalue weighted by atomic mass is 9.86. The topological polar surface area (TPSA) is 63.4 Å². The van der Waals surface area contributed by atoms with Crippen LogP contribution in [0.25, 0.3) is 0 Å². The Bertz CT molecular complexity index is 332. The summed E-state index contributed by atoms with van der Waals surface area (Å²) in [5, 5.41) is 0. The van der Waals surface area contributed by atoms with E-state index in [1.165, 1.54) is 4.90 Å². The molecule has 17 heavy (non-hydrogen) atoms. The Morgan fingerprint density at radius 1 is 1.35 bits per heavy atom. The molecule has 0 spiro atoms. The van der Waals surface area contributed by atoms with E-state index in [1.54, 1.807) is 0 Å². The zero-order chi connectivity index (χ0) is 13.2. The molecular weight excluding hydrogens is 236 g/mol. The van der Waals surface area contributed by atoms with E-state index < -0.39 is 5.54 Å². The highest BCUT2D eigenvalue weighted by atomic mass is 32.1. The van der Waals surface area contributed by atoms with Gasteiger partial charge in [0.2, 0.25) is 11.8 Å². The van der Waals surface area contributed by atoms with E-state index in [-0.39, 0.29) is 22.7 Å². The molecule has 0 aliphatic carbocycles. The molecule has 1 heterocycles. The fourth-order valence-electron chi connectivity index (χ4n) is 2.49.